The van der Waals surface area contributed by atoms with Crippen LogP contribution in [0.4, 0.5) is 5.69 Å². The van der Waals surface area contributed by atoms with Crippen LogP contribution in [0.25, 0.3) is 0 Å². The molecule has 3 heteroatoms. The van der Waals surface area contributed by atoms with Crippen LogP contribution < -0.4 is 10.2 Å². The number of ether oxygens (including phenoxy) is 1. The number of hydrogen-bond donors (Lipinski definition) is 1. The lowest BCUT2D eigenvalue weighted by molar-refractivity contribution is -0.0102. The average molecular weight is 260 g/mol. The fraction of sp³-hybridized carbons (Fsp3) is 0.625. The zero-order valence-electron chi connectivity index (χ0n) is 12.0. The van der Waals surface area contributed by atoms with Crippen molar-refractivity contribution in [1.29, 1.82) is 0 Å². The highest BCUT2D eigenvalue weighted by Crippen LogP contribution is 2.28. The van der Waals surface area contributed by atoms with Gasteiger partial charge in [0.25, 0.3) is 0 Å². The van der Waals surface area contributed by atoms with E-state index < -0.39 is 0 Å². The van der Waals surface area contributed by atoms with Crippen LogP contribution in [0.2, 0.25) is 0 Å². The second kappa shape index (κ2) is 5.51. The summed E-state index contributed by atoms with van der Waals surface area (Å²) >= 11 is 0. The summed E-state index contributed by atoms with van der Waals surface area (Å²) in [5.41, 5.74) is 4.32. The highest BCUT2D eigenvalue weighted by Gasteiger charge is 2.28. The number of benzene rings is 1. The zero-order valence-corrected chi connectivity index (χ0v) is 12.0. The third-order valence-electron chi connectivity index (χ3n) is 4.36. The second-order valence-corrected chi connectivity index (χ2v) is 5.76. The van der Waals surface area contributed by atoms with Gasteiger partial charge in [0.05, 0.1) is 6.10 Å². The Morgan fingerprint density at radius 3 is 3.00 bits per heavy atom. The van der Waals surface area contributed by atoms with Gasteiger partial charge in [-0.05, 0) is 43.4 Å². The predicted octanol–water partition coefficient (Wildman–Crippen LogP) is 2.34. The highest BCUT2D eigenvalue weighted by molar-refractivity contribution is 5.58. The van der Waals surface area contributed by atoms with Crippen molar-refractivity contribution in [3.8, 4) is 0 Å². The van der Waals surface area contributed by atoms with Gasteiger partial charge in [-0.1, -0.05) is 12.1 Å². The van der Waals surface area contributed by atoms with Crippen LogP contribution in [0.15, 0.2) is 18.2 Å². The minimum Gasteiger partial charge on any atom is -0.378 e. The van der Waals surface area contributed by atoms with Gasteiger partial charge in [0.2, 0.25) is 0 Å². The maximum Gasteiger partial charge on any atom is 0.0604 e. The van der Waals surface area contributed by atoms with Gasteiger partial charge in [0.1, 0.15) is 0 Å². The van der Waals surface area contributed by atoms with Crippen molar-refractivity contribution >= 4 is 5.69 Å². The normalized spacial score (nSPS) is 25.3. The molecule has 0 aromatic heterocycles. The van der Waals surface area contributed by atoms with Crippen LogP contribution >= 0.6 is 0 Å². The van der Waals surface area contributed by atoms with Crippen molar-refractivity contribution in [2.45, 2.75) is 44.9 Å². The van der Waals surface area contributed by atoms with E-state index in [1.165, 1.54) is 36.1 Å². The molecule has 1 heterocycles. The Morgan fingerprint density at radius 2 is 2.21 bits per heavy atom. The number of nitrogens with zero attached hydrogens (tertiary/aromatic N) is 1. The third kappa shape index (κ3) is 2.77. The van der Waals surface area contributed by atoms with E-state index in [9.17, 15) is 0 Å². The number of rotatable bonds is 5. The Balaban J connectivity index is 1.49. The van der Waals surface area contributed by atoms with Gasteiger partial charge in [-0.25, -0.2) is 0 Å². The quantitative estimate of drug-likeness (QED) is 0.879. The molecule has 0 saturated heterocycles. The van der Waals surface area contributed by atoms with Crippen molar-refractivity contribution < 1.29 is 4.74 Å². The Morgan fingerprint density at radius 1 is 1.37 bits per heavy atom. The molecule has 0 amide bonds. The van der Waals surface area contributed by atoms with Crippen LogP contribution in [0.3, 0.4) is 0 Å². The molecule has 0 radical (unpaired) electrons. The monoisotopic (exact) mass is 260 g/mol. The van der Waals surface area contributed by atoms with E-state index in [4.69, 9.17) is 4.74 Å². The lowest BCUT2D eigenvalue weighted by atomic mass is 9.89. The zero-order chi connectivity index (χ0) is 13.2. The molecule has 3 rings (SSSR count). The summed E-state index contributed by atoms with van der Waals surface area (Å²) in [7, 11) is 2.17. The van der Waals surface area contributed by atoms with E-state index in [1.807, 2.05) is 0 Å². The first kappa shape index (κ1) is 12.9. The SMILES string of the molecule is CCOC1CC(NCc2ccc3c(c2)CCN3C)C1. The smallest absolute Gasteiger partial charge is 0.0604 e. The number of hydrogen-bond acceptors (Lipinski definition) is 3. The molecule has 1 fully saturated rings. The molecule has 1 aliphatic heterocycles. The minimum atomic E-state index is 0.496. The standard InChI is InChI=1S/C16H24N2O/c1-3-19-15-9-14(10-15)17-11-12-4-5-16-13(8-12)6-7-18(16)2/h4-5,8,14-15,17H,3,6-7,9-11H2,1-2H3. The van der Waals surface area contributed by atoms with E-state index in [0.717, 1.165) is 19.7 Å². The number of fused-ring (bicyclic) bond motifs is 1. The molecule has 3 nitrogen and oxygen atoms in total. The lowest BCUT2D eigenvalue weighted by Gasteiger charge is -2.35. The molecular formula is C16H24N2O. The molecule has 0 unspecified atom stereocenters. The van der Waals surface area contributed by atoms with Gasteiger partial charge in [-0.15, -0.1) is 0 Å². The maximum absolute atomic E-state index is 5.59. The Kier molecular flexibility index (Phi) is 3.76. The maximum atomic E-state index is 5.59. The topological polar surface area (TPSA) is 24.5 Å². The van der Waals surface area contributed by atoms with E-state index in [0.29, 0.717) is 12.1 Å². The van der Waals surface area contributed by atoms with Gasteiger partial charge in [0.15, 0.2) is 0 Å². The van der Waals surface area contributed by atoms with Gasteiger partial charge in [-0.2, -0.15) is 0 Å². The number of likely N-dealkylation sites (N-methyl/N-ethyl adjacent to an activating group) is 1. The van der Waals surface area contributed by atoms with Crippen molar-refractivity contribution in [1.82, 2.24) is 5.32 Å². The summed E-state index contributed by atoms with van der Waals surface area (Å²) in [4.78, 5) is 2.34. The van der Waals surface area contributed by atoms with E-state index in [1.54, 1.807) is 0 Å². The molecule has 0 bridgehead atoms. The van der Waals surface area contributed by atoms with Crippen LogP contribution in [-0.4, -0.2) is 32.3 Å². The van der Waals surface area contributed by atoms with Crippen molar-refractivity contribution in [2.24, 2.45) is 0 Å². The summed E-state index contributed by atoms with van der Waals surface area (Å²) < 4.78 is 5.59. The van der Waals surface area contributed by atoms with Crippen molar-refractivity contribution in [3.63, 3.8) is 0 Å². The number of nitrogens with one attached hydrogen (secondary N) is 1. The fourth-order valence-electron chi connectivity index (χ4n) is 3.10. The molecular weight excluding hydrogens is 236 g/mol. The minimum absolute atomic E-state index is 0.496. The first-order valence-electron chi connectivity index (χ1n) is 7.44. The lowest BCUT2D eigenvalue weighted by Crippen LogP contribution is -2.45. The summed E-state index contributed by atoms with van der Waals surface area (Å²) in [6, 6.07) is 7.53. The second-order valence-electron chi connectivity index (χ2n) is 5.76. The predicted molar refractivity (Wildman–Crippen MR) is 78.7 cm³/mol. The molecule has 19 heavy (non-hydrogen) atoms. The molecule has 104 valence electrons. The van der Waals surface area contributed by atoms with Crippen LogP contribution in [0.5, 0.6) is 0 Å². The molecule has 1 aromatic rings. The first-order chi connectivity index (χ1) is 9.26. The third-order valence-corrected chi connectivity index (χ3v) is 4.36. The molecule has 2 aliphatic rings. The summed E-state index contributed by atoms with van der Waals surface area (Å²) in [6.45, 7) is 5.06. The van der Waals surface area contributed by atoms with Crippen LogP contribution in [0, 0.1) is 0 Å². The molecule has 1 aromatic carbocycles. The van der Waals surface area contributed by atoms with E-state index >= 15 is 0 Å². The van der Waals surface area contributed by atoms with Gasteiger partial charge in [-0.3, -0.25) is 0 Å². The Hall–Kier alpha value is -1.06. The molecule has 1 saturated carbocycles. The van der Waals surface area contributed by atoms with Gasteiger partial charge < -0.3 is 15.0 Å². The van der Waals surface area contributed by atoms with Gasteiger partial charge >= 0.3 is 0 Å². The average Bonchev–Trinajstić information content (AvgIpc) is 2.73. The Labute approximate surface area is 115 Å². The van der Waals surface area contributed by atoms with Crippen LogP contribution in [-0.2, 0) is 17.7 Å². The Bertz CT molecular complexity index is 440. The van der Waals surface area contributed by atoms with E-state index in [2.05, 4.69) is 42.4 Å². The summed E-state index contributed by atoms with van der Waals surface area (Å²) in [6.07, 6.45) is 4.02. The largest absolute Gasteiger partial charge is 0.378 e. The molecule has 0 spiro atoms. The van der Waals surface area contributed by atoms with Crippen LogP contribution in [0.1, 0.15) is 30.9 Å². The van der Waals surface area contributed by atoms with Crippen molar-refractivity contribution in [2.75, 3.05) is 25.1 Å². The fourth-order valence-corrected chi connectivity index (χ4v) is 3.10. The summed E-state index contributed by atoms with van der Waals surface area (Å²) in [5.74, 6) is 0. The molecule has 1 aliphatic carbocycles. The van der Waals surface area contributed by atoms with Gasteiger partial charge in [0, 0.05) is 38.5 Å². The summed E-state index contributed by atoms with van der Waals surface area (Å²) in [5, 5.41) is 3.63. The first-order valence-corrected chi connectivity index (χ1v) is 7.44. The molecule has 1 N–H and O–H groups in total. The van der Waals surface area contributed by atoms with E-state index in [-0.39, 0.29) is 0 Å². The number of anilines is 1. The van der Waals surface area contributed by atoms with Crippen molar-refractivity contribution in [3.05, 3.63) is 29.3 Å². The highest BCUT2D eigenvalue weighted by atomic mass is 16.5. The molecule has 0 atom stereocenters.